The molecule has 1 N–H and O–H groups in total. The first kappa shape index (κ1) is 22.2. The second-order valence-electron chi connectivity index (χ2n) is 8.10. The van der Waals surface area contributed by atoms with Crippen LogP contribution in [-0.4, -0.2) is 41.5 Å². The zero-order chi connectivity index (χ0) is 22.5. The molecular weight excluding hydrogens is 427 g/mol. The molecule has 2 aromatic carbocycles. The SMILES string of the molecule is CC1CN(c2cc(CNC(=O)c3ccc(Cl)cc3)ccn2)CCN1Cc1ccc(F)cc1. The average molecular weight is 453 g/mol. The Bertz CT molecular complexity index is 1060. The number of halogens is 2. The molecule has 0 saturated carbocycles. The van der Waals surface area contributed by atoms with Crippen LogP contribution in [0.5, 0.6) is 0 Å². The number of carbonyl (C=O) groups excluding carboxylic acids is 1. The smallest absolute Gasteiger partial charge is 0.251 e. The second kappa shape index (κ2) is 10.1. The maximum atomic E-state index is 13.2. The highest BCUT2D eigenvalue weighted by atomic mass is 35.5. The molecule has 5 nitrogen and oxygen atoms in total. The van der Waals surface area contributed by atoms with Crippen molar-refractivity contribution >= 4 is 23.3 Å². The van der Waals surface area contributed by atoms with Gasteiger partial charge in [-0.15, -0.1) is 0 Å². The maximum Gasteiger partial charge on any atom is 0.251 e. The fourth-order valence-electron chi connectivity index (χ4n) is 3.89. The van der Waals surface area contributed by atoms with E-state index in [1.807, 2.05) is 24.3 Å². The highest BCUT2D eigenvalue weighted by molar-refractivity contribution is 6.30. The van der Waals surface area contributed by atoms with Crippen molar-refractivity contribution in [3.63, 3.8) is 0 Å². The molecule has 0 bridgehead atoms. The van der Waals surface area contributed by atoms with Crippen molar-refractivity contribution in [1.29, 1.82) is 0 Å². The van der Waals surface area contributed by atoms with E-state index in [2.05, 4.69) is 27.0 Å². The van der Waals surface area contributed by atoms with Crippen LogP contribution in [0.1, 0.15) is 28.4 Å². The van der Waals surface area contributed by atoms with Gasteiger partial charge in [-0.2, -0.15) is 0 Å². The molecule has 166 valence electrons. The number of anilines is 1. The van der Waals surface area contributed by atoms with Gasteiger partial charge in [-0.3, -0.25) is 9.69 Å². The average Bonchev–Trinajstić information content (AvgIpc) is 2.81. The molecule has 1 aliphatic rings. The summed E-state index contributed by atoms with van der Waals surface area (Å²) in [5.41, 5.74) is 2.69. The van der Waals surface area contributed by atoms with E-state index in [0.717, 1.165) is 43.1 Å². The minimum atomic E-state index is -0.207. The molecule has 2 heterocycles. The lowest BCUT2D eigenvalue weighted by Crippen LogP contribution is -2.51. The number of pyridine rings is 1. The van der Waals surface area contributed by atoms with Gasteiger partial charge in [0.25, 0.3) is 5.91 Å². The summed E-state index contributed by atoms with van der Waals surface area (Å²) in [7, 11) is 0. The molecule has 0 radical (unpaired) electrons. The van der Waals surface area contributed by atoms with Gasteiger partial charge < -0.3 is 10.2 Å². The Kier molecular flexibility index (Phi) is 7.02. The van der Waals surface area contributed by atoms with E-state index in [4.69, 9.17) is 11.6 Å². The van der Waals surface area contributed by atoms with Gasteiger partial charge in [-0.1, -0.05) is 23.7 Å². The van der Waals surface area contributed by atoms with E-state index in [1.54, 1.807) is 30.5 Å². The van der Waals surface area contributed by atoms with E-state index in [-0.39, 0.29) is 11.7 Å². The monoisotopic (exact) mass is 452 g/mol. The Morgan fingerprint density at radius 1 is 1.09 bits per heavy atom. The van der Waals surface area contributed by atoms with Gasteiger partial charge >= 0.3 is 0 Å². The van der Waals surface area contributed by atoms with Crippen molar-refractivity contribution in [2.45, 2.75) is 26.1 Å². The Labute approximate surface area is 192 Å². The van der Waals surface area contributed by atoms with E-state index in [1.165, 1.54) is 12.1 Å². The van der Waals surface area contributed by atoms with Gasteiger partial charge in [0.15, 0.2) is 0 Å². The molecule has 0 spiro atoms. The Balaban J connectivity index is 1.33. The third-order valence-electron chi connectivity index (χ3n) is 5.76. The first-order chi connectivity index (χ1) is 15.5. The molecule has 1 saturated heterocycles. The molecule has 4 rings (SSSR count). The minimum Gasteiger partial charge on any atom is -0.354 e. The Morgan fingerprint density at radius 2 is 1.84 bits per heavy atom. The second-order valence-corrected chi connectivity index (χ2v) is 8.54. The van der Waals surface area contributed by atoms with Crippen LogP contribution in [-0.2, 0) is 13.1 Å². The van der Waals surface area contributed by atoms with Gasteiger partial charge in [0.05, 0.1) is 0 Å². The summed E-state index contributed by atoms with van der Waals surface area (Å²) >= 11 is 5.89. The maximum absolute atomic E-state index is 13.2. The van der Waals surface area contributed by atoms with E-state index in [9.17, 15) is 9.18 Å². The molecule has 1 aliphatic heterocycles. The number of benzene rings is 2. The van der Waals surface area contributed by atoms with Crippen molar-refractivity contribution in [3.8, 4) is 0 Å². The number of amides is 1. The summed E-state index contributed by atoms with van der Waals surface area (Å²) in [6, 6.07) is 17.8. The lowest BCUT2D eigenvalue weighted by Gasteiger charge is -2.40. The number of nitrogens with zero attached hydrogens (tertiary/aromatic N) is 3. The van der Waals surface area contributed by atoms with Crippen LogP contribution in [0.4, 0.5) is 10.2 Å². The Hall–Kier alpha value is -2.96. The summed E-state index contributed by atoms with van der Waals surface area (Å²) in [6.45, 7) is 6.05. The molecule has 1 fully saturated rings. The first-order valence-corrected chi connectivity index (χ1v) is 11.1. The number of aromatic nitrogens is 1. The molecule has 3 aromatic rings. The summed E-state index contributed by atoms with van der Waals surface area (Å²) < 4.78 is 13.2. The molecule has 1 atom stereocenters. The van der Waals surface area contributed by atoms with Gasteiger partial charge in [-0.05, 0) is 66.6 Å². The third kappa shape index (κ3) is 5.64. The van der Waals surface area contributed by atoms with E-state index in [0.29, 0.717) is 23.2 Å². The highest BCUT2D eigenvalue weighted by Crippen LogP contribution is 2.20. The van der Waals surface area contributed by atoms with Gasteiger partial charge in [0.1, 0.15) is 11.6 Å². The van der Waals surface area contributed by atoms with Gasteiger partial charge in [0, 0.05) is 55.5 Å². The van der Waals surface area contributed by atoms with Gasteiger partial charge in [0.2, 0.25) is 0 Å². The lowest BCUT2D eigenvalue weighted by molar-refractivity contribution is 0.0951. The number of hydrogen-bond donors (Lipinski definition) is 1. The van der Waals surface area contributed by atoms with Crippen LogP contribution in [0.2, 0.25) is 5.02 Å². The van der Waals surface area contributed by atoms with Crippen LogP contribution in [0.25, 0.3) is 0 Å². The minimum absolute atomic E-state index is 0.136. The van der Waals surface area contributed by atoms with E-state index >= 15 is 0 Å². The zero-order valence-electron chi connectivity index (χ0n) is 18.0. The number of nitrogens with one attached hydrogen (secondary N) is 1. The van der Waals surface area contributed by atoms with Crippen LogP contribution < -0.4 is 10.2 Å². The fraction of sp³-hybridized carbons (Fsp3) is 0.280. The van der Waals surface area contributed by atoms with Crippen LogP contribution in [0.15, 0.2) is 66.9 Å². The predicted molar refractivity (Wildman–Crippen MR) is 125 cm³/mol. The molecule has 32 heavy (non-hydrogen) atoms. The molecule has 1 aromatic heterocycles. The highest BCUT2D eigenvalue weighted by Gasteiger charge is 2.24. The van der Waals surface area contributed by atoms with E-state index < -0.39 is 0 Å². The van der Waals surface area contributed by atoms with Crippen molar-refractivity contribution < 1.29 is 9.18 Å². The largest absolute Gasteiger partial charge is 0.354 e. The number of hydrogen-bond acceptors (Lipinski definition) is 4. The van der Waals surface area contributed by atoms with Crippen molar-refractivity contribution in [2.75, 3.05) is 24.5 Å². The summed E-state index contributed by atoms with van der Waals surface area (Å²) in [4.78, 5) is 21.6. The topological polar surface area (TPSA) is 48.5 Å². The lowest BCUT2D eigenvalue weighted by atomic mass is 10.1. The van der Waals surface area contributed by atoms with Crippen molar-refractivity contribution in [1.82, 2.24) is 15.2 Å². The van der Waals surface area contributed by atoms with Crippen molar-refractivity contribution in [2.24, 2.45) is 0 Å². The zero-order valence-corrected chi connectivity index (χ0v) is 18.7. The van der Waals surface area contributed by atoms with Gasteiger partial charge in [-0.25, -0.2) is 9.37 Å². The Morgan fingerprint density at radius 3 is 2.56 bits per heavy atom. The number of rotatable bonds is 6. The van der Waals surface area contributed by atoms with Crippen molar-refractivity contribution in [3.05, 3.63) is 94.4 Å². The summed E-state index contributed by atoms with van der Waals surface area (Å²) in [5, 5.41) is 3.55. The number of carbonyl (C=O) groups is 1. The molecular formula is C25H26ClFN4O. The molecule has 1 unspecified atom stereocenters. The first-order valence-electron chi connectivity index (χ1n) is 10.7. The third-order valence-corrected chi connectivity index (χ3v) is 6.01. The summed E-state index contributed by atoms with van der Waals surface area (Å²) in [5.74, 6) is 0.571. The normalized spacial score (nSPS) is 16.7. The van der Waals surface area contributed by atoms with Crippen LogP contribution in [0, 0.1) is 5.82 Å². The standard InChI is InChI=1S/C25H26ClFN4O/c1-18-16-31(13-12-30(18)17-19-2-8-23(27)9-3-19)24-14-20(10-11-28-24)15-29-25(32)21-4-6-22(26)7-5-21/h2-11,14,18H,12-13,15-17H2,1H3,(H,29,32). The molecule has 7 heteroatoms. The summed E-state index contributed by atoms with van der Waals surface area (Å²) in [6.07, 6.45) is 1.79. The number of piperazine rings is 1. The quantitative estimate of drug-likeness (QED) is 0.597. The van der Waals surface area contributed by atoms with Crippen LogP contribution >= 0.6 is 11.6 Å². The molecule has 1 amide bonds. The fourth-order valence-corrected chi connectivity index (χ4v) is 4.02. The molecule has 0 aliphatic carbocycles. The van der Waals surface area contributed by atoms with Crippen LogP contribution in [0.3, 0.4) is 0 Å². The predicted octanol–water partition coefficient (Wildman–Crippen LogP) is 4.51.